The van der Waals surface area contributed by atoms with E-state index in [-0.39, 0.29) is 11.1 Å². The number of fused-ring (bicyclic) bond motifs is 1. The zero-order valence-electron chi connectivity index (χ0n) is 9.87. The topological polar surface area (TPSA) is 66.2 Å². The van der Waals surface area contributed by atoms with Crippen molar-refractivity contribution in [1.29, 1.82) is 0 Å². The minimum absolute atomic E-state index is 0.0102. The van der Waals surface area contributed by atoms with Crippen molar-refractivity contribution in [3.05, 3.63) is 17.0 Å². The van der Waals surface area contributed by atoms with Gasteiger partial charge in [-0.05, 0) is 24.2 Å². The molecule has 1 atom stereocenters. The number of aromatic nitrogens is 1. The van der Waals surface area contributed by atoms with Crippen LogP contribution in [0.4, 0.5) is 0 Å². The van der Waals surface area contributed by atoms with Gasteiger partial charge in [-0.1, -0.05) is 25.9 Å². The minimum atomic E-state index is -1.24. The molecule has 4 heteroatoms. The summed E-state index contributed by atoms with van der Waals surface area (Å²) in [6.45, 7) is 6.53. The highest BCUT2D eigenvalue weighted by molar-refractivity contribution is 5.85. The molecule has 0 aromatic carbocycles. The van der Waals surface area contributed by atoms with Crippen molar-refractivity contribution in [2.24, 2.45) is 11.3 Å². The van der Waals surface area contributed by atoms with Gasteiger partial charge in [-0.3, -0.25) is 0 Å². The predicted molar refractivity (Wildman–Crippen MR) is 55.8 cm³/mol. The van der Waals surface area contributed by atoms with E-state index in [1.54, 1.807) is 0 Å². The highest BCUT2D eigenvalue weighted by Gasteiger charge is 2.32. The number of carboxylic acids is 1. The average Bonchev–Trinajstić information content (AvgIpc) is 2.58. The highest BCUT2D eigenvalue weighted by Crippen LogP contribution is 2.38. The predicted octanol–water partition coefficient (Wildman–Crippen LogP) is 1.19. The van der Waals surface area contributed by atoms with Crippen molar-refractivity contribution < 1.29 is 14.4 Å². The summed E-state index contributed by atoms with van der Waals surface area (Å²) in [6, 6.07) is 0. The van der Waals surface area contributed by atoms with Crippen molar-refractivity contribution in [3.8, 4) is 0 Å². The first-order valence-electron chi connectivity index (χ1n) is 5.58. The van der Waals surface area contributed by atoms with Gasteiger partial charge in [0.1, 0.15) is 11.5 Å². The second kappa shape index (κ2) is 3.61. The molecule has 0 saturated heterocycles. The lowest BCUT2D eigenvalue weighted by atomic mass is 9.72. The molecule has 0 N–H and O–H groups in total. The van der Waals surface area contributed by atoms with E-state index in [1.807, 2.05) is 0 Å². The Hall–Kier alpha value is -1.32. The molecule has 0 aliphatic heterocycles. The Morgan fingerprint density at radius 1 is 1.50 bits per heavy atom. The third-order valence-electron chi connectivity index (χ3n) is 3.46. The van der Waals surface area contributed by atoms with Crippen LogP contribution < -0.4 is 5.11 Å². The summed E-state index contributed by atoms with van der Waals surface area (Å²) in [5.41, 5.74) is 0.910. The number of nitrogens with zero attached hydrogens (tertiary/aromatic N) is 1. The summed E-state index contributed by atoms with van der Waals surface area (Å²) in [7, 11) is 0. The number of hydrogen-bond acceptors (Lipinski definition) is 4. The molecule has 1 aliphatic carbocycles. The zero-order chi connectivity index (χ0) is 11.9. The van der Waals surface area contributed by atoms with Crippen LogP contribution in [0.15, 0.2) is 4.52 Å². The second-order valence-corrected chi connectivity index (χ2v) is 5.53. The van der Waals surface area contributed by atoms with Crippen LogP contribution in [0, 0.1) is 11.3 Å². The second-order valence-electron chi connectivity index (χ2n) is 5.53. The van der Waals surface area contributed by atoms with Crippen LogP contribution in [-0.2, 0) is 12.8 Å². The number of carbonyl (C=O) groups excluding carboxylic acids is 1. The molecule has 0 fully saturated rings. The van der Waals surface area contributed by atoms with Crippen LogP contribution in [0.5, 0.6) is 0 Å². The van der Waals surface area contributed by atoms with Crippen molar-refractivity contribution in [2.75, 3.05) is 0 Å². The molecule has 0 amide bonds. The molecule has 16 heavy (non-hydrogen) atoms. The molecular formula is C12H16NO3-. The van der Waals surface area contributed by atoms with E-state index in [0.717, 1.165) is 30.6 Å². The van der Waals surface area contributed by atoms with E-state index in [0.29, 0.717) is 5.92 Å². The van der Waals surface area contributed by atoms with Crippen molar-refractivity contribution in [3.63, 3.8) is 0 Å². The van der Waals surface area contributed by atoms with E-state index in [2.05, 4.69) is 25.9 Å². The van der Waals surface area contributed by atoms with Crippen LogP contribution in [0.2, 0.25) is 0 Å². The van der Waals surface area contributed by atoms with Gasteiger partial charge in [0.25, 0.3) is 0 Å². The normalized spacial score (nSPS) is 20.6. The molecule has 1 heterocycles. The Labute approximate surface area is 94.6 Å². The van der Waals surface area contributed by atoms with Gasteiger partial charge in [-0.25, -0.2) is 0 Å². The molecule has 1 aromatic rings. The van der Waals surface area contributed by atoms with Crippen LogP contribution in [-0.4, -0.2) is 11.1 Å². The number of aromatic carboxylic acids is 1. The van der Waals surface area contributed by atoms with Crippen molar-refractivity contribution in [2.45, 2.75) is 40.0 Å². The van der Waals surface area contributed by atoms with Gasteiger partial charge in [0.2, 0.25) is 0 Å². The Morgan fingerprint density at radius 3 is 2.75 bits per heavy atom. The van der Waals surface area contributed by atoms with E-state index in [9.17, 15) is 9.90 Å². The fraction of sp³-hybridized carbons (Fsp3) is 0.667. The lowest BCUT2D eigenvalue weighted by molar-refractivity contribution is -0.255. The van der Waals surface area contributed by atoms with E-state index >= 15 is 0 Å². The molecule has 88 valence electrons. The third kappa shape index (κ3) is 1.84. The Bertz CT molecular complexity index is 414. The molecule has 0 spiro atoms. The van der Waals surface area contributed by atoms with Gasteiger partial charge in [0, 0.05) is 12.0 Å². The smallest absolute Gasteiger partial charge is 0.140 e. The van der Waals surface area contributed by atoms with Crippen molar-refractivity contribution in [1.82, 2.24) is 5.16 Å². The molecule has 4 nitrogen and oxygen atoms in total. The van der Waals surface area contributed by atoms with Crippen LogP contribution in [0.3, 0.4) is 0 Å². The maximum atomic E-state index is 10.9. The molecule has 0 radical (unpaired) electrons. The number of carbonyl (C=O) groups is 1. The first-order valence-corrected chi connectivity index (χ1v) is 5.58. The number of carboxylic acid groups (broad SMARTS) is 1. The summed E-state index contributed by atoms with van der Waals surface area (Å²) < 4.78 is 5.04. The number of hydrogen-bond donors (Lipinski definition) is 0. The Morgan fingerprint density at radius 2 is 2.19 bits per heavy atom. The van der Waals surface area contributed by atoms with Gasteiger partial charge in [-0.15, -0.1) is 0 Å². The first kappa shape index (κ1) is 11.2. The maximum Gasteiger partial charge on any atom is 0.140 e. The largest absolute Gasteiger partial charge is 0.543 e. The van der Waals surface area contributed by atoms with E-state index in [1.165, 1.54) is 0 Å². The quantitative estimate of drug-likeness (QED) is 0.715. The van der Waals surface area contributed by atoms with Gasteiger partial charge in [0.05, 0.1) is 5.97 Å². The molecule has 0 saturated carbocycles. The fourth-order valence-electron chi connectivity index (χ4n) is 2.30. The molecule has 1 unspecified atom stereocenters. The van der Waals surface area contributed by atoms with Gasteiger partial charge >= 0.3 is 0 Å². The van der Waals surface area contributed by atoms with E-state index < -0.39 is 5.97 Å². The minimum Gasteiger partial charge on any atom is -0.543 e. The lowest BCUT2D eigenvalue weighted by Gasteiger charge is -2.33. The van der Waals surface area contributed by atoms with Gasteiger partial charge < -0.3 is 14.4 Å². The summed E-state index contributed by atoms with van der Waals surface area (Å²) >= 11 is 0. The van der Waals surface area contributed by atoms with Crippen LogP contribution in [0.25, 0.3) is 0 Å². The summed E-state index contributed by atoms with van der Waals surface area (Å²) in [5.74, 6) is -0.0447. The SMILES string of the molecule is CC(C)(C)C1CCc2onc(C(=O)[O-])c2C1. The molecule has 1 aromatic heterocycles. The fourth-order valence-corrected chi connectivity index (χ4v) is 2.30. The third-order valence-corrected chi connectivity index (χ3v) is 3.46. The first-order chi connectivity index (χ1) is 7.39. The van der Waals surface area contributed by atoms with Gasteiger partial charge in [0.15, 0.2) is 0 Å². The maximum absolute atomic E-state index is 10.9. The molecule has 1 aliphatic rings. The lowest BCUT2D eigenvalue weighted by Crippen LogP contribution is -2.29. The molecular weight excluding hydrogens is 206 g/mol. The monoisotopic (exact) mass is 222 g/mol. The highest BCUT2D eigenvalue weighted by atomic mass is 16.5. The zero-order valence-corrected chi connectivity index (χ0v) is 9.87. The summed E-state index contributed by atoms with van der Waals surface area (Å²) in [5, 5.41) is 14.4. The van der Waals surface area contributed by atoms with E-state index in [4.69, 9.17) is 4.52 Å². The standard InChI is InChI=1S/C12H17NO3/c1-12(2,3)7-4-5-9-8(6-7)10(11(14)15)13-16-9/h7H,4-6H2,1-3H3,(H,14,15)/p-1. The van der Waals surface area contributed by atoms with Crippen LogP contribution in [0.1, 0.15) is 49.0 Å². The number of aryl methyl sites for hydroxylation is 1. The van der Waals surface area contributed by atoms with Gasteiger partial charge in [-0.2, -0.15) is 0 Å². The van der Waals surface area contributed by atoms with Crippen LogP contribution >= 0.6 is 0 Å². The summed E-state index contributed by atoms with van der Waals surface area (Å²) in [4.78, 5) is 10.9. The number of rotatable bonds is 1. The molecule has 0 bridgehead atoms. The molecule has 2 rings (SSSR count). The average molecular weight is 222 g/mol. The van der Waals surface area contributed by atoms with Crippen molar-refractivity contribution >= 4 is 5.97 Å². The summed E-state index contributed by atoms with van der Waals surface area (Å²) in [6.07, 6.45) is 2.53. The Balaban J connectivity index is 2.31. The Kier molecular flexibility index (Phi) is 2.52.